The highest BCUT2D eigenvalue weighted by molar-refractivity contribution is 5.33. The van der Waals surface area contributed by atoms with Crippen molar-refractivity contribution in [3.05, 3.63) is 35.1 Å². The molecule has 2 aliphatic heterocycles. The Morgan fingerprint density at radius 2 is 2.21 bits per heavy atom. The lowest BCUT2D eigenvalue weighted by Gasteiger charge is -2.45. The molecule has 3 nitrogen and oxygen atoms in total. The first kappa shape index (κ1) is 13.0. The Kier molecular flexibility index (Phi) is 3.56. The van der Waals surface area contributed by atoms with E-state index >= 15 is 0 Å². The molecule has 0 spiro atoms. The maximum absolute atomic E-state index is 13.4. The summed E-state index contributed by atoms with van der Waals surface area (Å²) in [5.41, 5.74) is 1.92. The quantitative estimate of drug-likeness (QED) is 0.903. The van der Waals surface area contributed by atoms with Crippen LogP contribution in [-0.2, 0) is 14.9 Å². The third-order valence-corrected chi connectivity index (χ3v) is 4.16. The van der Waals surface area contributed by atoms with Crippen LogP contribution < -0.4 is 5.32 Å². The minimum atomic E-state index is -0.140. The second kappa shape index (κ2) is 5.19. The summed E-state index contributed by atoms with van der Waals surface area (Å²) in [5.74, 6) is -0.140. The van der Waals surface area contributed by atoms with Gasteiger partial charge in [-0.15, -0.1) is 0 Å². The molecule has 2 saturated heterocycles. The van der Waals surface area contributed by atoms with Crippen molar-refractivity contribution in [1.29, 1.82) is 0 Å². The van der Waals surface area contributed by atoms with Crippen molar-refractivity contribution in [2.45, 2.75) is 24.8 Å². The zero-order valence-corrected chi connectivity index (χ0v) is 11.2. The van der Waals surface area contributed by atoms with Crippen LogP contribution in [0.25, 0.3) is 0 Å². The number of nitrogens with one attached hydrogen (secondary N) is 1. The fourth-order valence-electron chi connectivity index (χ4n) is 2.95. The Hall–Kier alpha value is -0.970. The summed E-state index contributed by atoms with van der Waals surface area (Å²) in [5, 5.41) is 3.48. The smallest absolute Gasteiger partial charge is 0.126 e. The van der Waals surface area contributed by atoms with Crippen molar-refractivity contribution < 1.29 is 13.9 Å². The molecule has 104 valence electrons. The highest BCUT2D eigenvalue weighted by Crippen LogP contribution is 2.37. The maximum atomic E-state index is 13.4. The van der Waals surface area contributed by atoms with Gasteiger partial charge in [-0.2, -0.15) is 0 Å². The molecule has 2 aliphatic rings. The summed E-state index contributed by atoms with van der Waals surface area (Å²) in [6.45, 7) is 5.70. The van der Waals surface area contributed by atoms with E-state index in [-0.39, 0.29) is 11.2 Å². The van der Waals surface area contributed by atoms with Gasteiger partial charge in [-0.1, -0.05) is 12.1 Å². The van der Waals surface area contributed by atoms with Crippen LogP contribution in [0.3, 0.4) is 0 Å². The fraction of sp³-hybridized carbons (Fsp3) is 0.600. The molecule has 0 saturated carbocycles. The lowest BCUT2D eigenvalue weighted by molar-refractivity contribution is -0.0753. The van der Waals surface area contributed by atoms with Crippen molar-refractivity contribution in [2.75, 3.05) is 33.0 Å². The first-order valence-corrected chi connectivity index (χ1v) is 6.85. The number of halogens is 1. The second-order valence-corrected chi connectivity index (χ2v) is 5.67. The van der Waals surface area contributed by atoms with Crippen LogP contribution in [0.5, 0.6) is 0 Å². The molecule has 0 radical (unpaired) electrons. The molecule has 19 heavy (non-hydrogen) atoms. The van der Waals surface area contributed by atoms with Gasteiger partial charge in [0.05, 0.1) is 26.4 Å². The summed E-state index contributed by atoms with van der Waals surface area (Å²) in [6.07, 6.45) is 0.984. The van der Waals surface area contributed by atoms with Crippen LogP contribution in [0.4, 0.5) is 4.39 Å². The number of morpholine rings is 1. The first-order valence-electron chi connectivity index (χ1n) is 6.85. The molecule has 0 amide bonds. The lowest BCUT2D eigenvalue weighted by Crippen LogP contribution is -2.53. The van der Waals surface area contributed by atoms with Crippen molar-refractivity contribution >= 4 is 0 Å². The van der Waals surface area contributed by atoms with E-state index < -0.39 is 0 Å². The highest BCUT2D eigenvalue weighted by Gasteiger charge is 2.42. The Labute approximate surface area is 113 Å². The molecule has 0 aromatic heterocycles. The lowest BCUT2D eigenvalue weighted by atomic mass is 9.73. The average Bonchev–Trinajstić information content (AvgIpc) is 2.38. The van der Waals surface area contributed by atoms with E-state index in [2.05, 4.69) is 5.32 Å². The molecule has 4 heteroatoms. The maximum Gasteiger partial charge on any atom is 0.126 e. The Balaban J connectivity index is 1.79. The summed E-state index contributed by atoms with van der Waals surface area (Å²) >= 11 is 0. The van der Waals surface area contributed by atoms with Gasteiger partial charge >= 0.3 is 0 Å². The van der Waals surface area contributed by atoms with Crippen LogP contribution in [0.2, 0.25) is 0 Å². The van der Waals surface area contributed by atoms with Crippen LogP contribution in [0.15, 0.2) is 18.2 Å². The summed E-state index contributed by atoms with van der Waals surface area (Å²) in [6, 6.07) is 5.79. The van der Waals surface area contributed by atoms with E-state index in [9.17, 15) is 4.39 Å². The van der Waals surface area contributed by atoms with E-state index in [0.717, 1.165) is 39.4 Å². The molecular weight excluding hydrogens is 245 g/mol. The van der Waals surface area contributed by atoms with Gasteiger partial charge in [-0.25, -0.2) is 4.39 Å². The van der Waals surface area contributed by atoms with Gasteiger partial charge in [-0.05, 0) is 30.5 Å². The van der Waals surface area contributed by atoms with Gasteiger partial charge in [0.2, 0.25) is 0 Å². The van der Waals surface area contributed by atoms with Crippen LogP contribution >= 0.6 is 0 Å². The Morgan fingerprint density at radius 1 is 1.37 bits per heavy atom. The second-order valence-electron chi connectivity index (χ2n) is 5.67. The molecule has 2 fully saturated rings. The fourth-order valence-corrected chi connectivity index (χ4v) is 2.95. The van der Waals surface area contributed by atoms with E-state index in [1.807, 2.05) is 19.1 Å². The van der Waals surface area contributed by atoms with Crippen molar-refractivity contribution in [3.63, 3.8) is 0 Å². The van der Waals surface area contributed by atoms with Crippen LogP contribution in [-0.4, -0.2) is 39.0 Å². The number of hydrogen-bond donors (Lipinski definition) is 1. The first-order chi connectivity index (χ1) is 9.20. The highest BCUT2D eigenvalue weighted by atomic mass is 19.1. The molecule has 3 rings (SSSR count). The molecule has 0 aliphatic carbocycles. The van der Waals surface area contributed by atoms with Crippen molar-refractivity contribution in [1.82, 2.24) is 5.32 Å². The summed E-state index contributed by atoms with van der Waals surface area (Å²) in [7, 11) is 0. The molecule has 1 N–H and O–H groups in total. The summed E-state index contributed by atoms with van der Waals surface area (Å²) in [4.78, 5) is 0. The van der Waals surface area contributed by atoms with E-state index in [0.29, 0.717) is 11.6 Å². The average molecular weight is 265 g/mol. The number of ether oxygens (including phenoxy) is 2. The minimum absolute atomic E-state index is 0.0246. The molecule has 0 bridgehead atoms. The molecular formula is C15H20FNO2. The largest absolute Gasteiger partial charge is 0.379 e. The Bertz CT molecular complexity index is 453. The SMILES string of the molecule is Cc1cc(C2(CC3COCCN3)COC2)ccc1F. The third kappa shape index (κ3) is 2.53. The topological polar surface area (TPSA) is 30.5 Å². The Morgan fingerprint density at radius 3 is 2.79 bits per heavy atom. The predicted octanol–water partition coefficient (Wildman–Crippen LogP) is 1.78. The third-order valence-electron chi connectivity index (χ3n) is 4.16. The number of rotatable bonds is 3. The van der Waals surface area contributed by atoms with Crippen molar-refractivity contribution in [2.24, 2.45) is 0 Å². The van der Waals surface area contributed by atoms with Gasteiger partial charge in [0.1, 0.15) is 5.82 Å². The van der Waals surface area contributed by atoms with Crippen LogP contribution in [0, 0.1) is 12.7 Å². The molecule has 1 aromatic carbocycles. The van der Waals surface area contributed by atoms with Gasteiger partial charge in [0.25, 0.3) is 0 Å². The van der Waals surface area contributed by atoms with E-state index in [4.69, 9.17) is 9.47 Å². The molecule has 1 unspecified atom stereocenters. The zero-order chi connectivity index (χ0) is 13.3. The van der Waals surface area contributed by atoms with Crippen molar-refractivity contribution in [3.8, 4) is 0 Å². The van der Waals surface area contributed by atoms with Gasteiger partial charge in [0.15, 0.2) is 0 Å². The molecule has 1 aromatic rings. The summed E-state index contributed by atoms with van der Waals surface area (Å²) < 4.78 is 24.4. The zero-order valence-electron chi connectivity index (χ0n) is 11.2. The number of benzene rings is 1. The van der Waals surface area contributed by atoms with Gasteiger partial charge in [-0.3, -0.25) is 0 Å². The van der Waals surface area contributed by atoms with Crippen LogP contribution in [0.1, 0.15) is 17.5 Å². The van der Waals surface area contributed by atoms with Gasteiger partial charge < -0.3 is 14.8 Å². The normalized spacial score (nSPS) is 25.9. The number of aryl methyl sites for hydroxylation is 1. The number of hydrogen-bond acceptors (Lipinski definition) is 3. The van der Waals surface area contributed by atoms with Gasteiger partial charge in [0, 0.05) is 18.0 Å². The molecule has 1 atom stereocenters. The molecule has 2 heterocycles. The van der Waals surface area contributed by atoms with E-state index in [1.54, 1.807) is 6.07 Å². The van der Waals surface area contributed by atoms with E-state index in [1.165, 1.54) is 5.56 Å². The standard InChI is InChI=1S/C15H20FNO2/c1-11-6-12(2-3-14(11)16)15(9-19-10-15)7-13-8-18-5-4-17-13/h2-3,6,13,17H,4-5,7-10H2,1H3. The predicted molar refractivity (Wildman–Crippen MR) is 70.9 cm³/mol. The monoisotopic (exact) mass is 265 g/mol. The minimum Gasteiger partial charge on any atom is -0.379 e.